The van der Waals surface area contributed by atoms with Crippen LogP contribution in [0.1, 0.15) is 19.8 Å². The van der Waals surface area contributed by atoms with Crippen LogP contribution >= 0.6 is 0 Å². The number of likely N-dealkylation sites (N-methyl/N-ethyl adjacent to an activating group) is 1. The molecule has 0 saturated carbocycles. The van der Waals surface area contributed by atoms with Crippen LogP contribution in [0.4, 0.5) is 13.2 Å². The van der Waals surface area contributed by atoms with E-state index in [4.69, 9.17) is 0 Å². The highest BCUT2D eigenvalue weighted by molar-refractivity contribution is 5.77. The van der Waals surface area contributed by atoms with Gasteiger partial charge in [-0.2, -0.15) is 13.2 Å². The van der Waals surface area contributed by atoms with Gasteiger partial charge in [-0.25, -0.2) is 0 Å². The van der Waals surface area contributed by atoms with Gasteiger partial charge in [0.2, 0.25) is 5.91 Å². The number of carbonyl (C=O) groups excluding carboxylic acids is 1. The van der Waals surface area contributed by atoms with Crippen molar-refractivity contribution in [2.75, 3.05) is 32.8 Å². The van der Waals surface area contributed by atoms with Gasteiger partial charge in [-0.15, -0.1) is 0 Å². The van der Waals surface area contributed by atoms with E-state index < -0.39 is 19.4 Å². The molecule has 106 valence electrons. The Morgan fingerprint density at radius 3 is 2.72 bits per heavy atom. The zero-order valence-electron chi connectivity index (χ0n) is 10.4. The van der Waals surface area contributed by atoms with Gasteiger partial charge in [-0.3, -0.25) is 4.79 Å². The third-order valence-electron chi connectivity index (χ3n) is 2.86. The second kappa shape index (κ2) is 6.94. The van der Waals surface area contributed by atoms with Gasteiger partial charge in [0.25, 0.3) is 0 Å². The summed E-state index contributed by atoms with van der Waals surface area (Å²) < 4.78 is 40.0. The van der Waals surface area contributed by atoms with E-state index in [0.717, 1.165) is 19.4 Å². The molecule has 0 aromatic carbocycles. The van der Waals surface area contributed by atoms with Gasteiger partial charge < -0.3 is 15.0 Å². The fourth-order valence-corrected chi connectivity index (χ4v) is 2.07. The van der Waals surface area contributed by atoms with Crippen LogP contribution in [0.5, 0.6) is 0 Å². The second-order valence-corrected chi connectivity index (χ2v) is 4.29. The zero-order chi connectivity index (χ0) is 13.6. The summed E-state index contributed by atoms with van der Waals surface area (Å²) in [5.74, 6) is -0.379. The first-order valence-electron chi connectivity index (χ1n) is 6.08. The van der Waals surface area contributed by atoms with Gasteiger partial charge in [0.1, 0.15) is 13.2 Å². The van der Waals surface area contributed by atoms with Crippen LogP contribution in [0.3, 0.4) is 0 Å². The first kappa shape index (κ1) is 15.2. The number of nitrogens with one attached hydrogen (secondary N) is 1. The Bertz CT molecular complexity index is 266. The number of piperidine rings is 1. The number of halogens is 3. The van der Waals surface area contributed by atoms with E-state index in [1.165, 1.54) is 0 Å². The minimum Gasteiger partial charge on any atom is -0.362 e. The lowest BCUT2D eigenvalue weighted by atomic mass is 10.1. The van der Waals surface area contributed by atoms with E-state index >= 15 is 0 Å². The molecule has 1 aliphatic rings. The third kappa shape index (κ3) is 5.22. The monoisotopic (exact) mass is 268 g/mol. The number of nitrogens with zero attached hydrogens (tertiary/aromatic N) is 1. The molecule has 0 spiro atoms. The van der Waals surface area contributed by atoms with Gasteiger partial charge >= 0.3 is 6.18 Å². The lowest BCUT2D eigenvalue weighted by Crippen LogP contribution is -2.49. The quantitative estimate of drug-likeness (QED) is 0.813. The maximum Gasteiger partial charge on any atom is 0.411 e. The van der Waals surface area contributed by atoms with E-state index in [9.17, 15) is 18.0 Å². The number of alkyl halides is 3. The highest BCUT2D eigenvalue weighted by atomic mass is 19.4. The Balaban J connectivity index is 2.37. The Morgan fingerprint density at radius 1 is 1.50 bits per heavy atom. The summed E-state index contributed by atoms with van der Waals surface area (Å²) in [7, 11) is 0. The SMILES string of the molecule is CCN(C(=O)COCC(F)(F)F)C1CCCNC1. The molecule has 1 N–H and O–H groups in total. The molecule has 0 aromatic heterocycles. The van der Waals surface area contributed by atoms with Crippen molar-refractivity contribution in [3.63, 3.8) is 0 Å². The first-order valence-corrected chi connectivity index (χ1v) is 6.08. The van der Waals surface area contributed by atoms with Crippen molar-refractivity contribution in [2.45, 2.75) is 32.0 Å². The number of ether oxygens (including phenoxy) is 1. The van der Waals surface area contributed by atoms with Crippen LogP contribution in [-0.2, 0) is 9.53 Å². The summed E-state index contributed by atoms with van der Waals surface area (Å²) in [5.41, 5.74) is 0. The van der Waals surface area contributed by atoms with Crippen molar-refractivity contribution < 1.29 is 22.7 Å². The van der Waals surface area contributed by atoms with Crippen molar-refractivity contribution in [3.8, 4) is 0 Å². The molecule has 0 aliphatic carbocycles. The van der Waals surface area contributed by atoms with E-state index in [0.29, 0.717) is 13.1 Å². The van der Waals surface area contributed by atoms with Gasteiger partial charge in [0.15, 0.2) is 0 Å². The topological polar surface area (TPSA) is 41.6 Å². The van der Waals surface area contributed by atoms with Crippen LogP contribution in [-0.4, -0.2) is 55.9 Å². The molecule has 1 atom stereocenters. The summed E-state index contributed by atoms with van der Waals surface area (Å²) in [4.78, 5) is 13.4. The van der Waals surface area contributed by atoms with Crippen LogP contribution in [0.2, 0.25) is 0 Å². The Labute approximate surface area is 104 Å². The molecule has 1 unspecified atom stereocenters. The smallest absolute Gasteiger partial charge is 0.362 e. The fourth-order valence-electron chi connectivity index (χ4n) is 2.07. The van der Waals surface area contributed by atoms with Crippen molar-refractivity contribution >= 4 is 5.91 Å². The Hall–Kier alpha value is -0.820. The van der Waals surface area contributed by atoms with Crippen LogP contribution < -0.4 is 5.32 Å². The molecule has 18 heavy (non-hydrogen) atoms. The predicted octanol–water partition coefficient (Wildman–Crippen LogP) is 1.17. The number of rotatable bonds is 5. The minimum atomic E-state index is -4.39. The number of hydrogen-bond acceptors (Lipinski definition) is 3. The first-order chi connectivity index (χ1) is 8.44. The molecule has 1 aliphatic heterocycles. The Kier molecular flexibility index (Phi) is 5.87. The van der Waals surface area contributed by atoms with Gasteiger partial charge in [-0.1, -0.05) is 0 Å². The third-order valence-corrected chi connectivity index (χ3v) is 2.86. The molecular formula is C11H19F3N2O2. The molecule has 1 rings (SSSR count). The highest BCUT2D eigenvalue weighted by Gasteiger charge is 2.29. The maximum atomic E-state index is 11.9. The molecule has 4 nitrogen and oxygen atoms in total. The molecule has 7 heteroatoms. The van der Waals surface area contributed by atoms with E-state index in [1.54, 1.807) is 4.90 Å². The van der Waals surface area contributed by atoms with Crippen molar-refractivity contribution in [3.05, 3.63) is 0 Å². The molecule has 0 bridgehead atoms. The standard InChI is InChI=1S/C11H19F3N2O2/c1-2-16(9-4-3-5-15-6-9)10(17)7-18-8-11(12,13)14/h9,15H,2-8H2,1H3. The second-order valence-electron chi connectivity index (χ2n) is 4.29. The van der Waals surface area contributed by atoms with Gasteiger partial charge in [-0.05, 0) is 26.3 Å². The fraction of sp³-hybridized carbons (Fsp3) is 0.909. The molecule has 0 aromatic rings. The summed E-state index contributed by atoms with van der Waals surface area (Å²) in [6.45, 7) is 2.03. The summed E-state index contributed by atoms with van der Waals surface area (Å²) >= 11 is 0. The molecular weight excluding hydrogens is 249 g/mol. The lowest BCUT2D eigenvalue weighted by molar-refractivity contribution is -0.178. The Morgan fingerprint density at radius 2 is 2.22 bits per heavy atom. The number of hydrogen-bond donors (Lipinski definition) is 1. The highest BCUT2D eigenvalue weighted by Crippen LogP contribution is 2.15. The van der Waals surface area contributed by atoms with E-state index in [2.05, 4.69) is 10.1 Å². The van der Waals surface area contributed by atoms with Crippen LogP contribution in [0, 0.1) is 0 Å². The van der Waals surface area contributed by atoms with Crippen LogP contribution in [0.15, 0.2) is 0 Å². The van der Waals surface area contributed by atoms with Crippen molar-refractivity contribution in [1.29, 1.82) is 0 Å². The minimum absolute atomic E-state index is 0.0609. The van der Waals surface area contributed by atoms with Crippen molar-refractivity contribution in [1.82, 2.24) is 10.2 Å². The molecule has 1 saturated heterocycles. The molecule has 0 radical (unpaired) electrons. The average molecular weight is 268 g/mol. The zero-order valence-corrected chi connectivity index (χ0v) is 10.4. The maximum absolute atomic E-state index is 11.9. The lowest BCUT2D eigenvalue weighted by Gasteiger charge is -2.34. The summed E-state index contributed by atoms with van der Waals surface area (Å²) in [6.07, 6.45) is -2.53. The van der Waals surface area contributed by atoms with E-state index in [1.807, 2.05) is 6.92 Å². The largest absolute Gasteiger partial charge is 0.411 e. The average Bonchev–Trinajstić information content (AvgIpc) is 2.29. The van der Waals surface area contributed by atoms with Crippen LogP contribution in [0.25, 0.3) is 0 Å². The van der Waals surface area contributed by atoms with Crippen molar-refractivity contribution in [2.24, 2.45) is 0 Å². The van der Waals surface area contributed by atoms with E-state index in [-0.39, 0.29) is 11.9 Å². The normalized spacial score (nSPS) is 20.8. The number of amides is 1. The predicted molar refractivity (Wildman–Crippen MR) is 60.2 cm³/mol. The summed E-state index contributed by atoms with van der Waals surface area (Å²) in [5, 5.41) is 3.17. The summed E-state index contributed by atoms with van der Waals surface area (Å²) in [6, 6.07) is 0.0609. The number of carbonyl (C=O) groups is 1. The van der Waals surface area contributed by atoms with Gasteiger partial charge in [0.05, 0.1) is 0 Å². The molecule has 1 amide bonds. The van der Waals surface area contributed by atoms with Gasteiger partial charge in [0, 0.05) is 19.1 Å². The molecule has 1 heterocycles. The molecule has 1 fully saturated rings.